The molecule has 1 heteroatoms. The molecule has 0 radical (unpaired) electrons. The van der Waals surface area contributed by atoms with Crippen LogP contribution in [0, 0.1) is 29.6 Å². The highest BCUT2D eigenvalue weighted by Gasteiger charge is 2.21. The fourth-order valence-corrected chi connectivity index (χ4v) is 4.86. The Kier molecular flexibility index (Phi) is 7.69. The second-order valence-electron chi connectivity index (χ2n) is 8.32. The van der Waals surface area contributed by atoms with Gasteiger partial charge < -0.3 is 0 Å². The molecule has 0 N–H and O–H groups in total. The summed E-state index contributed by atoms with van der Waals surface area (Å²) >= 11 is 6.00. The Balaban J connectivity index is 1.39. The van der Waals surface area contributed by atoms with Crippen LogP contribution in [0.3, 0.4) is 0 Å². The number of halogens is 1. The Labute approximate surface area is 165 Å². The molecule has 1 aromatic carbocycles. The third-order valence-corrected chi connectivity index (χ3v) is 6.65. The number of hydrogen-bond donors (Lipinski definition) is 0. The summed E-state index contributed by atoms with van der Waals surface area (Å²) in [4.78, 5) is 0. The van der Waals surface area contributed by atoms with Gasteiger partial charge in [-0.2, -0.15) is 0 Å². The summed E-state index contributed by atoms with van der Waals surface area (Å²) in [7, 11) is 0. The minimum absolute atomic E-state index is 0.587. The summed E-state index contributed by atoms with van der Waals surface area (Å²) in [5.41, 5.74) is 1.44. The second kappa shape index (κ2) is 10.2. The standard InChI is InChI=1S/C25H33Cl/c1-2-5-20-8-10-21(11-9-20)6-3-4-7-22-12-14-23(15-13-22)24-16-18-25(26)19-17-24/h3,6,16-23H,2,5,8-15H2,1H3. The van der Waals surface area contributed by atoms with Gasteiger partial charge >= 0.3 is 0 Å². The van der Waals surface area contributed by atoms with Crippen molar-refractivity contribution in [2.45, 2.75) is 77.0 Å². The first-order valence-electron chi connectivity index (χ1n) is 10.7. The molecule has 0 nitrogen and oxygen atoms in total. The highest BCUT2D eigenvalue weighted by molar-refractivity contribution is 6.30. The van der Waals surface area contributed by atoms with E-state index in [9.17, 15) is 0 Å². The molecule has 2 aliphatic carbocycles. The van der Waals surface area contributed by atoms with Gasteiger partial charge in [0.25, 0.3) is 0 Å². The molecule has 0 bridgehead atoms. The van der Waals surface area contributed by atoms with Crippen molar-refractivity contribution in [2.75, 3.05) is 0 Å². The van der Waals surface area contributed by atoms with Crippen molar-refractivity contribution in [2.24, 2.45) is 17.8 Å². The molecule has 26 heavy (non-hydrogen) atoms. The average molecular weight is 369 g/mol. The first-order valence-corrected chi connectivity index (χ1v) is 11.1. The average Bonchev–Trinajstić information content (AvgIpc) is 2.68. The van der Waals surface area contributed by atoms with Gasteiger partial charge in [-0.15, -0.1) is 0 Å². The fourth-order valence-electron chi connectivity index (χ4n) is 4.73. The lowest BCUT2D eigenvalue weighted by molar-refractivity contribution is 0.294. The maximum Gasteiger partial charge on any atom is 0.0406 e. The first-order chi connectivity index (χ1) is 12.7. The van der Waals surface area contributed by atoms with E-state index in [0.29, 0.717) is 11.8 Å². The van der Waals surface area contributed by atoms with Crippen LogP contribution in [-0.4, -0.2) is 0 Å². The zero-order valence-electron chi connectivity index (χ0n) is 16.2. The van der Waals surface area contributed by atoms with Gasteiger partial charge in [0.2, 0.25) is 0 Å². The van der Waals surface area contributed by atoms with Crippen LogP contribution in [0.15, 0.2) is 36.4 Å². The van der Waals surface area contributed by atoms with Crippen molar-refractivity contribution >= 4 is 11.6 Å². The summed E-state index contributed by atoms with van der Waals surface area (Å²) < 4.78 is 0. The van der Waals surface area contributed by atoms with E-state index in [0.717, 1.165) is 16.9 Å². The van der Waals surface area contributed by atoms with Gasteiger partial charge in [-0.25, -0.2) is 0 Å². The zero-order valence-corrected chi connectivity index (χ0v) is 17.0. The molecule has 3 rings (SSSR count). The van der Waals surface area contributed by atoms with Gasteiger partial charge in [0, 0.05) is 10.9 Å². The molecule has 0 saturated heterocycles. The predicted octanol–water partition coefficient (Wildman–Crippen LogP) is 7.78. The molecule has 0 aliphatic heterocycles. The fraction of sp³-hybridized carbons (Fsp3) is 0.600. The third-order valence-electron chi connectivity index (χ3n) is 6.40. The molecular weight excluding hydrogens is 336 g/mol. The Bertz CT molecular complexity index is 614. The van der Waals surface area contributed by atoms with Gasteiger partial charge in [-0.3, -0.25) is 0 Å². The molecule has 0 atom stereocenters. The molecule has 1 aromatic rings. The van der Waals surface area contributed by atoms with Crippen molar-refractivity contribution in [1.29, 1.82) is 0 Å². The van der Waals surface area contributed by atoms with E-state index in [1.807, 2.05) is 12.1 Å². The Hall–Kier alpha value is -1.19. The zero-order chi connectivity index (χ0) is 18.2. The van der Waals surface area contributed by atoms with Crippen LogP contribution < -0.4 is 0 Å². The number of allylic oxidation sites excluding steroid dienone is 2. The SMILES string of the molecule is CCCC1CCC(C=CC#CC2CCC(c3ccc(Cl)cc3)CC2)CC1. The van der Waals surface area contributed by atoms with E-state index >= 15 is 0 Å². The lowest BCUT2D eigenvalue weighted by Gasteiger charge is -2.26. The van der Waals surface area contributed by atoms with Crippen LogP contribution in [0.25, 0.3) is 0 Å². The molecule has 0 spiro atoms. The molecule has 2 fully saturated rings. The van der Waals surface area contributed by atoms with Gasteiger partial charge in [0.15, 0.2) is 0 Å². The Morgan fingerprint density at radius 2 is 1.65 bits per heavy atom. The van der Waals surface area contributed by atoms with Gasteiger partial charge in [-0.1, -0.05) is 61.4 Å². The third kappa shape index (κ3) is 5.92. The van der Waals surface area contributed by atoms with Crippen molar-refractivity contribution < 1.29 is 0 Å². The predicted molar refractivity (Wildman–Crippen MR) is 113 cm³/mol. The smallest absolute Gasteiger partial charge is 0.0406 e. The van der Waals surface area contributed by atoms with E-state index < -0.39 is 0 Å². The van der Waals surface area contributed by atoms with Crippen molar-refractivity contribution in [3.8, 4) is 11.8 Å². The maximum absolute atomic E-state index is 6.00. The van der Waals surface area contributed by atoms with E-state index in [1.54, 1.807) is 0 Å². The van der Waals surface area contributed by atoms with Crippen LogP contribution in [-0.2, 0) is 0 Å². The van der Waals surface area contributed by atoms with Crippen LogP contribution >= 0.6 is 11.6 Å². The molecule has 140 valence electrons. The summed E-state index contributed by atoms with van der Waals surface area (Å²) in [6.45, 7) is 2.31. The highest BCUT2D eigenvalue weighted by Crippen LogP contribution is 2.36. The van der Waals surface area contributed by atoms with Crippen LogP contribution in [0.2, 0.25) is 5.02 Å². The Morgan fingerprint density at radius 1 is 0.962 bits per heavy atom. The lowest BCUT2D eigenvalue weighted by Crippen LogP contribution is -2.12. The minimum atomic E-state index is 0.587. The number of rotatable bonds is 4. The second-order valence-corrected chi connectivity index (χ2v) is 8.75. The van der Waals surface area contributed by atoms with Crippen molar-refractivity contribution in [3.05, 3.63) is 47.0 Å². The highest BCUT2D eigenvalue weighted by atomic mass is 35.5. The Morgan fingerprint density at radius 3 is 2.31 bits per heavy atom. The summed E-state index contributed by atoms with van der Waals surface area (Å²) in [5, 5.41) is 0.832. The largest absolute Gasteiger partial charge is 0.0951 e. The molecule has 0 heterocycles. The van der Waals surface area contributed by atoms with Crippen molar-refractivity contribution in [3.63, 3.8) is 0 Å². The molecule has 2 saturated carbocycles. The maximum atomic E-state index is 6.00. The quantitative estimate of drug-likeness (QED) is 0.476. The number of hydrogen-bond acceptors (Lipinski definition) is 0. The summed E-state index contributed by atoms with van der Waals surface area (Å²) in [5.74, 6) is 9.91. The van der Waals surface area contributed by atoms with E-state index in [4.69, 9.17) is 11.6 Å². The molecule has 2 aliphatic rings. The molecular formula is C25H33Cl. The normalized spacial score (nSPS) is 29.3. The minimum Gasteiger partial charge on any atom is -0.0951 e. The molecule has 0 aromatic heterocycles. The summed E-state index contributed by atoms with van der Waals surface area (Å²) in [6.07, 6.45) is 17.9. The van der Waals surface area contributed by atoms with Gasteiger partial charge in [0.05, 0.1) is 0 Å². The number of benzene rings is 1. The van der Waals surface area contributed by atoms with E-state index in [-0.39, 0.29) is 0 Å². The van der Waals surface area contributed by atoms with Gasteiger partial charge in [0.1, 0.15) is 0 Å². The van der Waals surface area contributed by atoms with Crippen LogP contribution in [0.1, 0.15) is 82.6 Å². The summed E-state index contributed by atoms with van der Waals surface area (Å²) in [6, 6.07) is 8.42. The van der Waals surface area contributed by atoms with Crippen LogP contribution in [0.4, 0.5) is 0 Å². The van der Waals surface area contributed by atoms with Gasteiger partial charge in [-0.05, 0) is 92.9 Å². The van der Waals surface area contributed by atoms with E-state index in [1.165, 1.54) is 69.8 Å². The van der Waals surface area contributed by atoms with E-state index in [2.05, 4.69) is 43.0 Å². The first kappa shape index (κ1) is 19.6. The van der Waals surface area contributed by atoms with Crippen LogP contribution in [0.5, 0.6) is 0 Å². The molecule has 0 unspecified atom stereocenters. The van der Waals surface area contributed by atoms with Crippen molar-refractivity contribution in [1.82, 2.24) is 0 Å². The molecule has 0 amide bonds. The monoisotopic (exact) mass is 368 g/mol. The lowest BCUT2D eigenvalue weighted by atomic mass is 9.79. The topological polar surface area (TPSA) is 0 Å².